The van der Waals surface area contributed by atoms with Crippen molar-refractivity contribution < 1.29 is 4.92 Å². The van der Waals surface area contributed by atoms with E-state index in [0.717, 1.165) is 31.6 Å². The summed E-state index contributed by atoms with van der Waals surface area (Å²) < 4.78 is 0. The lowest BCUT2D eigenvalue weighted by atomic mass is 10.3. The number of hydrogen-bond acceptors (Lipinski definition) is 3. The first-order valence-electron chi connectivity index (χ1n) is 6.38. The third kappa shape index (κ3) is 4.82. The van der Waals surface area contributed by atoms with Crippen LogP contribution in [0, 0.1) is 10.1 Å². The summed E-state index contributed by atoms with van der Waals surface area (Å²) in [4.78, 5) is 12.3. The number of hydrogen-bond donors (Lipinski definition) is 1. The second-order valence-electron chi connectivity index (χ2n) is 4.22. The number of rotatable bonds is 6. The molecule has 6 heteroatoms. The Kier molecular flexibility index (Phi) is 6.21. The van der Waals surface area contributed by atoms with Crippen molar-refractivity contribution in [2.45, 2.75) is 26.7 Å². The van der Waals surface area contributed by atoms with Gasteiger partial charge in [-0.05, 0) is 37.2 Å². The SMILES string of the molecule is CCCN(CCC)C(=S)Nc1ccc([N+](=O)[O-])cc1. The van der Waals surface area contributed by atoms with E-state index in [1.165, 1.54) is 12.1 Å². The Morgan fingerprint density at radius 3 is 2.21 bits per heavy atom. The molecule has 0 heterocycles. The van der Waals surface area contributed by atoms with Gasteiger partial charge < -0.3 is 10.2 Å². The molecule has 1 N–H and O–H groups in total. The fourth-order valence-corrected chi connectivity index (χ4v) is 2.02. The van der Waals surface area contributed by atoms with Gasteiger partial charge in [0.05, 0.1) is 4.92 Å². The van der Waals surface area contributed by atoms with Crippen LogP contribution in [-0.4, -0.2) is 28.0 Å². The van der Waals surface area contributed by atoms with Crippen molar-refractivity contribution in [2.75, 3.05) is 18.4 Å². The number of nitrogens with one attached hydrogen (secondary N) is 1. The number of non-ortho nitro benzene ring substituents is 1. The molecule has 0 spiro atoms. The second-order valence-corrected chi connectivity index (χ2v) is 4.61. The Labute approximate surface area is 118 Å². The van der Waals surface area contributed by atoms with Gasteiger partial charge in [0.25, 0.3) is 5.69 Å². The predicted octanol–water partition coefficient (Wildman–Crippen LogP) is 3.41. The molecule has 0 saturated heterocycles. The minimum absolute atomic E-state index is 0.0791. The van der Waals surface area contributed by atoms with Gasteiger partial charge in [-0.25, -0.2) is 0 Å². The maximum atomic E-state index is 10.6. The molecule has 1 aromatic carbocycles. The Balaban J connectivity index is 2.66. The molecule has 0 saturated carbocycles. The van der Waals surface area contributed by atoms with E-state index in [-0.39, 0.29) is 5.69 Å². The number of benzene rings is 1. The quantitative estimate of drug-likeness (QED) is 0.492. The molecule has 1 aromatic rings. The lowest BCUT2D eigenvalue weighted by Gasteiger charge is -2.24. The topological polar surface area (TPSA) is 58.4 Å². The first-order valence-corrected chi connectivity index (χ1v) is 6.79. The van der Waals surface area contributed by atoms with Crippen LogP contribution in [0.25, 0.3) is 0 Å². The van der Waals surface area contributed by atoms with Crippen LogP contribution < -0.4 is 5.32 Å². The molecule has 19 heavy (non-hydrogen) atoms. The second kappa shape index (κ2) is 7.68. The number of nitro benzene ring substituents is 1. The number of anilines is 1. The molecule has 1 rings (SSSR count). The number of nitro groups is 1. The highest BCUT2D eigenvalue weighted by atomic mass is 32.1. The number of nitrogens with zero attached hydrogens (tertiary/aromatic N) is 2. The van der Waals surface area contributed by atoms with E-state index in [1.54, 1.807) is 12.1 Å². The molecule has 0 atom stereocenters. The maximum absolute atomic E-state index is 10.6. The summed E-state index contributed by atoms with van der Waals surface area (Å²) in [5, 5.41) is 14.3. The van der Waals surface area contributed by atoms with Crippen molar-refractivity contribution >= 4 is 28.7 Å². The monoisotopic (exact) mass is 281 g/mol. The summed E-state index contributed by atoms with van der Waals surface area (Å²) in [6.07, 6.45) is 2.06. The Bertz CT molecular complexity index is 428. The van der Waals surface area contributed by atoms with Crippen LogP contribution in [0.5, 0.6) is 0 Å². The first kappa shape index (κ1) is 15.4. The molecule has 0 aliphatic carbocycles. The summed E-state index contributed by atoms with van der Waals surface area (Å²) in [5.41, 5.74) is 0.850. The zero-order valence-corrected chi connectivity index (χ0v) is 12.1. The van der Waals surface area contributed by atoms with E-state index in [4.69, 9.17) is 12.2 Å². The van der Waals surface area contributed by atoms with Crippen molar-refractivity contribution in [3.63, 3.8) is 0 Å². The molecular formula is C13H19N3O2S. The van der Waals surface area contributed by atoms with Gasteiger partial charge in [0.2, 0.25) is 0 Å². The fourth-order valence-electron chi connectivity index (χ4n) is 1.72. The largest absolute Gasteiger partial charge is 0.349 e. The van der Waals surface area contributed by atoms with Crippen LogP contribution in [0.1, 0.15) is 26.7 Å². The van der Waals surface area contributed by atoms with Gasteiger partial charge in [-0.3, -0.25) is 10.1 Å². The van der Waals surface area contributed by atoms with Gasteiger partial charge in [-0.2, -0.15) is 0 Å². The zero-order valence-electron chi connectivity index (χ0n) is 11.3. The molecule has 0 aliphatic rings. The van der Waals surface area contributed by atoms with Crippen molar-refractivity contribution in [3.05, 3.63) is 34.4 Å². The van der Waals surface area contributed by atoms with Crippen LogP contribution >= 0.6 is 12.2 Å². The van der Waals surface area contributed by atoms with E-state index in [9.17, 15) is 10.1 Å². The van der Waals surface area contributed by atoms with Crippen LogP contribution in [-0.2, 0) is 0 Å². The summed E-state index contributed by atoms with van der Waals surface area (Å²) in [5.74, 6) is 0. The summed E-state index contributed by atoms with van der Waals surface area (Å²) in [6, 6.07) is 6.27. The minimum atomic E-state index is -0.414. The van der Waals surface area contributed by atoms with E-state index in [0.29, 0.717) is 5.11 Å². The lowest BCUT2D eigenvalue weighted by Crippen LogP contribution is -2.35. The third-order valence-electron chi connectivity index (χ3n) is 2.60. The van der Waals surface area contributed by atoms with Crippen molar-refractivity contribution in [3.8, 4) is 0 Å². The Morgan fingerprint density at radius 1 is 1.26 bits per heavy atom. The highest BCUT2D eigenvalue weighted by molar-refractivity contribution is 7.80. The van der Waals surface area contributed by atoms with E-state index in [1.807, 2.05) is 0 Å². The normalized spacial score (nSPS) is 10.0. The average molecular weight is 281 g/mol. The van der Waals surface area contributed by atoms with Gasteiger partial charge in [0.1, 0.15) is 0 Å². The molecule has 0 amide bonds. The third-order valence-corrected chi connectivity index (χ3v) is 2.96. The van der Waals surface area contributed by atoms with E-state index >= 15 is 0 Å². The van der Waals surface area contributed by atoms with Crippen LogP contribution in [0.2, 0.25) is 0 Å². The Morgan fingerprint density at radius 2 is 1.79 bits per heavy atom. The summed E-state index contributed by atoms with van der Waals surface area (Å²) >= 11 is 5.35. The summed E-state index contributed by atoms with van der Waals surface area (Å²) in [7, 11) is 0. The van der Waals surface area contributed by atoms with Crippen molar-refractivity contribution in [1.82, 2.24) is 4.90 Å². The highest BCUT2D eigenvalue weighted by Crippen LogP contribution is 2.16. The van der Waals surface area contributed by atoms with Crippen LogP contribution in [0.15, 0.2) is 24.3 Å². The van der Waals surface area contributed by atoms with Crippen LogP contribution in [0.4, 0.5) is 11.4 Å². The molecule has 5 nitrogen and oxygen atoms in total. The average Bonchev–Trinajstić information content (AvgIpc) is 2.39. The molecule has 104 valence electrons. The van der Waals surface area contributed by atoms with Gasteiger partial charge in [0, 0.05) is 30.9 Å². The van der Waals surface area contributed by atoms with Crippen molar-refractivity contribution in [1.29, 1.82) is 0 Å². The standard InChI is InChI=1S/C13H19N3O2S/c1-3-9-15(10-4-2)13(19)14-11-5-7-12(8-6-11)16(17)18/h5-8H,3-4,9-10H2,1-2H3,(H,14,19). The highest BCUT2D eigenvalue weighted by Gasteiger charge is 2.09. The minimum Gasteiger partial charge on any atom is -0.349 e. The van der Waals surface area contributed by atoms with Gasteiger partial charge in [-0.1, -0.05) is 13.8 Å². The molecule has 0 bridgehead atoms. The molecule has 0 radical (unpaired) electrons. The predicted molar refractivity (Wildman–Crippen MR) is 81.5 cm³/mol. The summed E-state index contributed by atoms with van der Waals surface area (Å²) in [6.45, 7) is 6.04. The van der Waals surface area contributed by atoms with Crippen molar-refractivity contribution in [2.24, 2.45) is 0 Å². The van der Waals surface area contributed by atoms with E-state index < -0.39 is 4.92 Å². The fraction of sp³-hybridized carbons (Fsp3) is 0.462. The zero-order chi connectivity index (χ0) is 14.3. The van der Waals surface area contributed by atoms with Crippen LogP contribution in [0.3, 0.4) is 0 Å². The first-order chi connectivity index (χ1) is 9.08. The molecular weight excluding hydrogens is 262 g/mol. The smallest absolute Gasteiger partial charge is 0.269 e. The molecule has 0 unspecified atom stereocenters. The van der Waals surface area contributed by atoms with Gasteiger partial charge in [0.15, 0.2) is 5.11 Å². The van der Waals surface area contributed by atoms with Gasteiger partial charge >= 0.3 is 0 Å². The van der Waals surface area contributed by atoms with Gasteiger partial charge in [-0.15, -0.1) is 0 Å². The van der Waals surface area contributed by atoms with E-state index in [2.05, 4.69) is 24.1 Å². The maximum Gasteiger partial charge on any atom is 0.269 e. The lowest BCUT2D eigenvalue weighted by molar-refractivity contribution is -0.384. The molecule has 0 aliphatic heterocycles. The molecule has 0 aromatic heterocycles. The Hall–Kier alpha value is -1.69. The molecule has 0 fully saturated rings. The number of thiocarbonyl (C=S) groups is 1.